The molecule has 109 valence electrons. The fourth-order valence-electron chi connectivity index (χ4n) is 2.86. The maximum absolute atomic E-state index is 3.16. The summed E-state index contributed by atoms with van der Waals surface area (Å²) in [5.41, 5.74) is 3.45. The molecule has 0 aliphatic heterocycles. The topological polar surface area (TPSA) is 3.24 Å². The highest BCUT2D eigenvalue weighted by molar-refractivity contribution is 5.89. The molecule has 0 saturated heterocycles. The summed E-state index contributed by atoms with van der Waals surface area (Å²) in [5.74, 6) is 0. The summed E-state index contributed by atoms with van der Waals surface area (Å²) in [6.45, 7) is 0. The van der Waals surface area contributed by atoms with E-state index >= 15 is 0 Å². The Morgan fingerprint density at radius 1 is 0.565 bits per heavy atom. The highest BCUT2D eigenvalue weighted by Gasteiger charge is 2.11. The van der Waals surface area contributed by atoms with Gasteiger partial charge in [-0.2, -0.15) is 0 Å². The monoisotopic (exact) mass is 294 g/mol. The Hall–Kier alpha value is -3.06. The first-order valence-corrected chi connectivity index (χ1v) is 7.72. The molecule has 0 aromatic heterocycles. The van der Waals surface area contributed by atoms with Gasteiger partial charge in [-0.05, 0) is 59.3 Å². The standard InChI is InChI=1S/C22H16N/c1-3-11-20(12-4-1)23(21-13-5-2-6-14-21)22-16-15-18-9-7-8-10-19(18)17-22/h1-7,9-17H. The minimum absolute atomic E-state index is 1.15. The van der Waals surface area contributed by atoms with Crippen molar-refractivity contribution < 1.29 is 0 Å². The van der Waals surface area contributed by atoms with Gasteiger partial charge in [0.25, 0.3) is 0 Å². The van der Waals surface area contributed by atoms with Crippen molar-refractivity contribution in [1.29, 1.82) is 0 Å². The minimum atomic E-state index is 1.15. The minimum Gasteiger partial charge on any atom is -0.310 e. The zero-order chi connectivity index (χ0) is 15.5. The van der Waals surface area contributed by atoms with Crippen LogP contribution in [0.25, 0.3) is 10.8 Å². The van der Waals surface area contributed by atoms with Crippen molar-refractivity contribution in [2.24, 2.45) is 0 Å². The van der Waals surface area contributed by atoms with Gasteiger partial charge >= 0.3 is 0 Å². The number of rotatable bonds is 3. The molecule has 0 fully saturated rings. The Morgan fingerprint density at radius 2 is 1.22 bits per heavy atom. The molecule has 0 saturated carbocycles. The lowest BCUT2D eigenvalue weighted by molar-refractivity contribution is 1.29. The number of hydrogen-bond acceptors (Lipinski definition) is 1. The van der Waals surface area contributed by atoms with Crippen molar-refractivity contribution in [3.05, 3.63) is 103 Å². The molecule has 0 unspecified atom stereocenters. The molecule has 0 heterocycles. The molecule has 0 aliphatic rings. The third-order valence-electron chi connectivity index (χ3n) is 3.96. The molecule has 4 aromatic rings. The van der Waals surface area contributed by atoms with Crippen LogP contribution in [-0.2, 0) is 0 Å². The number of benzene rings is 4. The van der Waals surface area contributed by atoms with Gasteiger partial charge in [0, 0.05) is 17.1 Å². The van der Waals surface area contributed by atoms with Gasteiger partial charge in [0.2, 0.25) is 0 Å². The molecule has 0 N–H and O–H groups in total. The number of para-hydroxylation sites is 2. The van der Waals surface area contributed by atoms with E-state index in [-0.39, 0.29) is 0 Å². The molecule has 0 bridgehead atoms. The van der Waals surface area contributed by atoms with Crippen LogP contribution in [0.5, 0.6) is 0 Å². The highest BCUT2D eigenvalue weighted by atomic mass is 15.1. The van der Waals surface area contributed by atoms with E-state index in [4.69, 9.17) is 0 Å². The van der Waals surface area contributed by atoms with Crippen LogP contribution in [0, 0.1) is 6.07 Å². The zero-order valence-electron chi connectivity index (χ0n) is 12.7. The van der Waals surface area contributed by atoms with Gasteiger partial charge in [-0.3, -0.25) is 0 Å². The molecule has 0 aliphatic carbocycles. The Balaban J connectivity index is 1.90. The Kier molecular flexibility index (Phi) is 3.53. The van der Waals surface area contributed by atoms with Crippen molar-refractivity contribution in [3.8, 4) is 0 Å². The van der Waals surface area contributed by atoms with Crippen molar-refractivity contribution in [2.45, 2.75) is 0 Å². The molecular weight excluding hydrogens is 278 g/mol. The first-order chi connectivity index (χ1) is 11.4. The average Bonchev–Trinajstić information content (AvgIpc) is 2.64. The van der Waals surface area contributed by atoms with Gasteiger partial charge in [-0.1, -0.05) is 54.6 Å². The Labute approximate surface area is 136 Å². The fraction of sp³-hybridized carbons (Fsp3) is 0. The van der Waals surface area contributed by atoms with Crippen molar-refractivity contribution in [1.82, 2.24) is 0 Å². The molecular formula is C22H16N. The highest BCUT2D eigenvalue weighted by Crippen LogP contribution is 2.35. The van der Waals surface area contributed by atoms with Crippen LogP contribution in [0.4, 0.5) is 17.1 Å². The molecule has 1 radical (unpaired) electrons. The Bertz CT molecular complexity index is 874. The van der Waals surface area contributed by atoms with Crippen LogP contribution in [0.15, 0.2) is 97.1 Å². The lowest BCUT2D eigenvalue weighted by Gasteiger charge is -2.25. The van der Waals surface area contributed by atoms with E-state index in [9.17, 15) is 0 Å². The van der Waals surface area contributed by atoms with Gasteiger partial charge in [0.1, 0.15) is 0 Å². The van der Waals surface area contributed by atoms with E-state index in [1.807, 2.05) is 24.3 Å². The Morgan fingerprint density at radius 3 is 1.87 bits per heavy atom. The van der Waals surface area contributed by atoms with Gasteiger partial charge < -0.3 is 4.90 Å². The smallest absolute Gasteiger partial charge is 0.0468 e. The first-order valence-electron chi connectivity index (χ1n) is 7.72. The summed E-state index contributed by atoms with van der Waals surface area (Å²) in [4.78, 5) is 2.27. The largest absolute Gasteiger partial charge is 0.310 e. The van der Waals surface area contributed by atoms with E-state index in [0.29, 0.717) is 0 Å². The fourth-order valence-corrected chi connectivity index (χ4v) is 2.86. The number of fused-ring (bicyclic) bond motifs is 1. The summed E-state index contributed by atoms with van der Waals surface area (Å²) in [7, 11) is 0. The van der Waals surface area contributed by atoms with E-state index in [1.165, 1.54) is 10.8 Å². The van der Waals surface area contributed by atoms with Crippen LogP contribution in [0.2, 0.25) is 0 Å². The first kappa shape index (κ1) is 13.6. The number of hydrogen-bond donors (Lipinski definition) is 0. The van der Waals surface area contributed by atoms with Crippen LogP contribution in [0.3, 0.4) is 0 Å². The van der Waals surface area contributed by atoms with E-state index < -0.39 is 0 Å². The quantitative estimate of drug-likeness (QED) is 0.440. The SMILES string of the molecule is [c]1ccc2ccc(N(c3ccccc3)c3ccccc3)cc2c1. The molecule has 23 heavy (non-hydrogen) atoms. The predicted octanol–water partition coefficient (Wildman–Crippen LogP) is 6.11. The number of anilines is 3. The van der Waals surface area contributed by atoms with E-state index in [2.05, 4.69) is 83.8 Å². The van der Waals surface area contributed by atoms with Crippen molar-refractivity contribution in [3.63, 3.8) is 0 Å². The molecule has 0 atom stereocenters. The zero-order valence-corrected chi connectivity index (χ0v) is 12.7. The second-order valence-corrected chi connectivity index (χ2v) is 5.46. The van der Waals surface area contributed by atoms with E-state index in [0.717, 1.165) is 17.1 Å². The third kappa shape index (κ3) is 2.69. The summed E-state index contributed by atoms with van der Waals surface area (Å²) < 4.78 is 0. The average molecular weight is 294 g/mol. The lowest BCUT2D eigenvalue weighted by Crippen LogP contribution is -2.09. The summed E-state index contributed by atoms with van der Waals surface area (Å²) >= 11 is 0. The maximum Gasteiger partial charge on any atom is 0.0468 e. The second-order valence-electron chi connectivity index (χ2n) is 5.46. The summed E-state index contributed by atoms with van der Waals surface area (Å²) in [6, 6.07) is 36.7. The summed E-state index contributed by atoms with van der Waals surface area (Å²) in [6.07, 6.45) is 0. The van der Waals surface area contributed by atoms with Gasteiger partial charge in [-0.15, -0.1) is 0 Å². The van der Waals surface area contributed by atoms with Crippen LogP contribution >= 0.6 is 0 Å². The van der Waals surface area contributed by atoms with Gasteiger partial charge in [-0.25, -0.2) is 0 Å². The molecule has 1 heteroatoms. The van der Waals surface area contributed by atoms with Crippen molar-refractivity contribution >= 4 is 27.8 Å². The lowest BCUT2D eigenvalue weighted by atomic mass is 10.1. The predicted molar refractivity (Wildman–Crippen MR) is 97.5 cm³/mol. The van der Waals surface area contributed by atoms with Gasteiger partial charge in [0.15, 0.2) is 0 Å². The van der Waals surface area contributed by atoms with Gasteiger partial charge in [0.05, 0.1) is 0 Å². The normalized spacial score (nSPS) is 10.6. The molecule has 4 aromatic carbocycles. The third-order valence-corrected chi connectivity index (χ3v) is 3.96. The van der Waals surface area contributed by atoms with Crippen LogP contribution < -0.4 is 4.90 Å². The molecule has 0 amide bonds. The molecule has 4 rings (SSSR count). The maximum atomic E-state index is 3.16. The molecule has 1 nitrogen and oxygen atoms in total. The van der Waals surface area contributed by atoms with Crippen LogP contribution in [0.1, 0.15) is 0 Å². The second kappa shape index (κ2) is 5.98. The molecule has 0 spiro atoms. The van der Waals surface area contributed by atoms with Crippen molar-refractivity contribution in [2.75, 3.05) is 4.90 Å². The van der Waals surface area contributed by atoms with E-state index in [1.54, 1.807) is 0 Å². The van der Waals surface area contributed by atoms with Crippen LogP contribution in [-0.4, -0.2) is 0 Å². The summed E-state index contributed by atoms with van der Waals surface area (Å²) in [5, 5.41) is 2.43. The number of nitrogens with zero attached hydrogens (tertiary/aromatic N) is 1.